The topological polar surface area (TPSA) is 24.0 Å². The molecule has 4 rings (SSSR count). The van der Waals surface area contributed by atoms with E-state index in [0.29, 0.717) is 6.04 Å². The molecule has 2 aliphatic heterocycles. The Bertz CT molecular complexity index is 786. The molecule has 3 nitrogen and oxygen atoms in total. The van der Waals surface area contributed by atoms with Crippen LogP contribution in [-0.4, -0.2) is 27.0 Å². The van der Waals surface area contributed by atoms with Crippen LogP contribution < -0.4 is 0 Å². The number of nitrogens with zero attached hydrogens (tertiary/aromatic N) is 2. The van der Waals surface area contributed by atoms with E-state index in [9.17, 15) is 0 Å². The van der Waals surface area contributed by atoms with Gasteiger partial charge in [-0.15, -0.1) is 0 Å². The van der Waals surface area contributed by atoms with Crippen molar-refractivity contribution in [1.29, 1.82) is 0 Å². The second-order valence-corrected chi connectivity index (χ2v) is 6.53. The van der Waals surface area contributed by atoms with Gasteiger partial charge in [0.25, 0.3) is 0 Å². The van der Waals surface area contributed by atoms with Crippen molar-refractivity contribution in [2.45, 2.75) is 32.5 Å². The van der Waals surface area contributed by atoms with Crippen LogP contribution in [0.25, 0.3) is 11.0 Å². The lowest BCUT2D eigenvalue weighted by molar-refractivity contribution is 0.234. The molecule has 5 heteroatoms. The Hall–Kier alpha value is -1.10. The van der Waals surface area contributed by atoms with Crippen LogP contribution in [0.2, 0.25) is 5.02 Å². The zero-order valence-electron chi connectivity index (χ0n) is 11.3. The third-order valence-corrected chi connectivity index (χ3v) is 5.05. The van der Waals surface area contributed by atoms with Gasteiger partial charge in [-0.25, -0.2) is 0 Å². The van der Waals surface area contributed by atoms with Crippen molar-refractivity contribution in [2.75, 3.05) is 6.54 Å². The fraction of sp³-hybridized carbons (Fsp3) is 0.400. The Kier molecular flexibility index (Phi) is 2.81. The Balaban J connectivity index is 1.92. The SMILES string of the molecule is C/C=C1\C[C@H]2Cn3c(=S)[nH]c4cc(Cl)cc(c43)CN2C1. The maximum Gasteiger partial charge on any atom is 0.178 e. The minimum atomic E-state index is 0.540. The predicted octanol–water partition coefficient (Wildman–Crippen LogP) is 3.89. The summed E-state index contributed by atoms with van der Waals surface area (Å²) in [5.41, 5.74) is 5.10. The Morgan fingerprint density at radius 3 is 3.05 bits per heavy atom. The zero-order valence-corrected chi connectivity index (χ0v) is 12.9. The van der Waals surface area contributed by atoms with Gasteiger partial charge in [0, 0.05) is 30.7 Å². The monoisotopic (exact) mass is 305 g/mol. The van der Waals surface area contributed by atoms with Crippen molar-refractivity contribution in [1.82, 2.24) is 14.5 Å². The summed E-state index contributed by atoms with van der Waals surface area (Å²) in [6, 6.07) is 4.59. The van der Waals surface area contributed by atoms with Crippen molar-refractivity contribution in [3.05, 3.63) is 39.1 Å². The molecule has 1 fully saturated rings. The van der Waals surface area contributed by atoms with E-state index in [2.05, 4.69) is 33.5 Å². The molecule has 0 bridgehead atoms. The van der Waals surface area contributed by atoms with Gasteiger partial charge in [0.2, 0.25) is 0 Å². The fourth-order valence-electron chi connectivity index (χ4n) is 3.54. The molecule has 1 aromatic carbocycles. The van der Waals surface area contributed by atoms with Crippen molar-refractivity contribution in [3.63, 3.8) is 0 Å². The van der Waals surface area contributed by atoms with Crippen LogP contribution in [0.5, 0.6) is 0 Å². The second-order valence-electron chi connectivity index (χ2n) is 5.71. The average Bonchev–Trinajstić information content (AvgIpc) is 2.87. The molecule has 1 atom stereocenters. The van der Waals surface area contributed by atoms with Gasteiger partial charge in [-0.3, -0.25) is 4.90 Å². The van der Waals surface area contributed by atoms with E-state index in [0.717, 1.165) is 41.4 Å². The van der Waals surface area contributed by atoms with Crippen LogP contribution in [0, 0.1) is 4.77 Å². The number of rotatable bonds is 0. The van der Waals surface area contributed by atoms with Crippen LogP contribution in [0.4, 0.5) is 0 Å². The maximum absolute atomic E-state index is 6.25. The molecule has 2 aromatic rings. The van der Waals surface area contributed by atoms with Gasteiger partial charge >= 0.3 is 0 Å². The molecule has 104 valence electrons. The van der Waals surface area contributed by atoms with E-state index in [1.807, 2.05) is 6.07 Å². The number of fused-ring (bicyclic) bond motifs is 1. The molecule has 0 unspecified atom stereocenters. The number of hydrogen-bond acceptors (Lipinski definition) is 2. The fourth-order valence-corrected chi connectivity index (χ4v) is 4.06. The first kappa shape index (κ1) is 12.6. The minimum Gasteiger partial charge on any atom is -0.331 e. The first-order valence-corrected chi connectivity index (χ1v) is 7.73. The number of aromatic amines is 1. The molecular formula is C15H16ClN3S. The standard InChI is InChI=1S/C15H16ClN3S/c1-2-9-3-12-8-19-14-10(7-18(12)6-9)4-11(16)5-13(14)17-15(19)20/h2,4-5,12H,3,6-8H2,1H3,(H,17,20)/b9-2+/t12-/m0/s1. The van der Waals surface area contributed by atoms with Crippen LogP contribution >= 0.6 is 23.8 Å². The number of benzene rings is 1. The van der Waals surface area contributed by atoms with Gasteiger partial charge in [-0.1, -0.05) is 23.3 Å². The van der Waals surface area contributed by atoms with E-state index in [4.69, 9.17) is 23.8 Å². The third-order valence-electron chi connectivity index (χ3n) is 4.51. The third kappa shape index (κ3) is 1.79. The Morgan fingerprint density at radius 2 is 2.25 bits per heavy atom. The smallest absolute Gasteiger partial charge is 0.178 e. The number of halogens is 1. The average molecular weight is 306 g/mol. The quantitative estimate of drug-likeness (QED) is 0.590. The van der Waals surface area contributed by atoms with Crippen LogP contribution in [0.3, 0.4) is 0 Å². The van der Waals surface area contributed by atoms with Gasteiger partial charge in [0.05, 0.1) is 11.0 Å². The van der Waals surface area contributed by atoms with Crippen LogP contribution in [0.15, 0.2) is 23.8 Å². The van der Waals surface area contributed by atoms with E-state index in [1.54, 1.807) is 0 Å². The van der Waals surface area contributed by atoms with E-state index < -0.39 is 0 Å². The molecule has 3 heterocycles. The summed E-state index contributed by atoms with van der Waals surface area (Å²) in [4.78, 5) is 5.84. The van der Waals surface area contributed by atoms with Gasteiger partial charge in [0.1, 0.15) is 0 Å². The first-order chi connectivity index (χ1) is 9.65. The lowest BCUT2D eigenvalue weighted by atomic mass is 10.1. The van der Waals surface area contributed by atoms with E-state index in [1.165, 1.54) is 16.7 Å². The maximum atomic E-state index is 6.25. The molecule has 0 spiro atoms. The van der Waals surface area contributed by atoms with Crippen molar-refractivity contribution >= 4 is 34.9 Å². The normalized spacial score (nSPS) is 24.3. The van der Waals surface area contributed by atoms with Crippen LogP contribution in [-0.2, 0) is 13.1 Å². The van der Waals surface area contributed by atoms with Crippen molar-refractivity contribution < 1.29 is 0 Å². The Morgan fingerprint density at radius 1 is 1.40 bits per heavy atom. The largest absolute Gasteiger partial charge is 0.331 e. The summed E-state index contributed by atoms with van der Waals surface area (Å²) in [7, 11) is 0. The van der Waals surface area contributed by atoms with Crippen LogP contribution in [0.1, 0.15) is 18.9 Å². The molecule has 0 amide bonds. The molecule has 0 saturated carbocycles. The van der Waals surface area contributed by atoms with E-state index in [-0.39, 0.29) is 0 Å². The summed E-state index contributed by atoms with van der Waals surface area (Å²) in [6.45, 7) is 5.11. The number of nitrogens with one attached hydrogen (secondary N) is 1. The highest BCUT2D eigenvalue weighted by Gasteiger charge is 2.31. The molecule has 1 N–H and O–H groups in total. The Labute approximate surface area is 127 Å². The highest BCUT2D eigenvalue weighted by atomic mass is 35.5. The lowest BCUT2D eigenvalue weighted by Gasteiger charge is -2.21. The van der Waals surface area contributed by atoms with E-state index >= 15 is 0 Å². The summed E-state index contributed by atoms with van der Waals surface area (Å²) in [6.07, 6.45) is 3.39. The number of imidazole rings is 1. The molecule has 20 heavy (non-hydrogen) atoms. The lowest BCUT2D eigenvalue weighted by Crippen LogP contribution is -2.30. The van der Waals surface area contributed by atoms with Gasteiger partial charge < -0.3 is 9.55 Å². The molecule has 0 radical (unpaired) electrons. The number of allylic oxidation sites excluding steroid dienone is 1. The number of hydrogen-bond donors (Lipinski definition) is 1. The minimum absolute atomic E-state index is 0.540. The first-order valence-electron chi connectivity index (χ1n) is 6.95. The summed E-state index contributed by atoms with van der Waals surface area (Å²) < 4.78 is 3.05. The summed E-state index contributed by atoms with van der Waals surface area (Å²) in [5, 5.41) is 0.778. The molecular weight excluding hydrogens is 290 g/mol. The van der Waals surface area contributed by atoms with Crippen molar-refractivity contribution in [3.8, 4) is 0 Å². The highest BCUT2D eigenvalue weighted by molar-refractivity contribution is 7.71. The summed E-state index contributed by atoms with van der Waals surface area (Å²) >= 11 is 11.7. The van der Waals surface area contributed by atoms with Gasteiger partial charge in [-0.2, -0.15) is 0 Å². The molecule has 1 aromatic heterocycles. The zero-order chi connectivity index (χ0) is 13.9. The second kappa shape index (κ2) is 4.45. The van der Waals surface area contributed by atoms with Crippen molar-refractivity contribution in [2.24, 2.45) is 0 Å². The molecule has 2 aliphatic rings. The predicted molar refractivity (Wildman–Crippen MR) is 84.7 cm³/mol. The summed E-state index contributed by atoms with van der Waals surface area (Å²) in [5.74, 6) is 0. The number of H-pyrrole nitrogens is 1. The molecule has 0 aliphatic carbocycles. The highest BCUT2D eigenvalue weighted by Crippen LogP contribution is 2.33. The number of aromatic nitrogens is 2. The van der Waals surface area contributed by atoms with Gasteiger partial charge in [-0.05, 0) is 43.3 Å². The van der Waals surface area contributed by atoms with Gasteiger partial charge in [0.15, 0.2) is 4.77 Å². The molecule has 1 saturated heterocycles.